The van der Waals surface area contributed by atoms with Crippen LogP contribution in [0.1, 0.15) is 26.7 Å². The molecule has 0 rings (SSSR count). The maximum Gasteiger partial charge on any atom is 0.457 e. The molecule has 0 saturated carbocycles. The zero-order valence-corrected chi connectivity index (χ0v) is 6.67. The van der Waals surface area contributed by atoms with E-state index in [0.717, 1.165) is 12.8 Å². The van der Waals surface area contributed by atoms with E-state index in [2.05, 4.69) is 0 Å². The monoisotopic (exact) mass is 145 g/mol. The van der Waals surface area contributed by atoms with Crippen LogP contribution in [0.5, 0.6) is 0 Å². The van der Waals surface area contributed by atoms with Gasteiger partial charge in [0.05, 0.1) is 0 Å². The van der Waals surface area contributed by atoms with Crippen LogP contribution in [0.15, 0.2) is 0 Å². The third kappa shape index (κ3) is 3.20. The van der Waals surface area contributed by atoms with E-state index in [1.54, 1.807) is 0 Å². The van der Waals surface area contributed by atoms with E-state index in [1.165, 1.54) is 0 Å². The van der Waals surface area contributed by atoms with Crippen molar-refractivity contribution in [2.45, 2.75) is 32.0 Å². The predicted octanol–water partition coefficient (Wildman–Crippen LogP) is -0.0217. The Morgan fingerprint density at radius 2 is 1.90 bits per heavy atom. The summed E-state index contributed by atoms with van der Waals surface area (Å²) in [7, 11) is -1.24. The topological polar surface area (TPSA) is 66.5 Å². The second-order valence-electron chi connectivity index (χ2n) is 3.25. The molecule has 0 aliphatic rings. The van der Waals surface area contributed by atoms with Crippen molar-refractivity contribution in [2.75, 3.05) is 6.54 Å². The Balaban J connectivity index is 3.63. The summed E-state index contributed by atoms with van der Waals surface area (Å²) >= 11 is 0. The molecule has 60 valence electrons. The number of rotatable bonds is 4. The Morgan fingerprint density at radius 3 is 2.20 bits per heavy atom. The van der Waals surface area contributed by atoms with Gasteiger partial charge in [0.25, 0.3) is 0 Å². The Morgan fingerprint density at radius 1 is 1.40 bits per heavy atom. The molecular formula is C6H16BNO2. The highest BCUT2D eigenvalue weighted by molar-refractivity contribution is 6.45. The number of hydrogen-bond donors (Lipinski definition) is 3. The van der Waals surface area contributed by atoms with Crippen LogP contribution >= 0.6 is 0 Å². The molecule has 0 bridgehead atoms. The highest BCUT2D eigenvalue weighted by atomic mass is 16.4. The molecule has 0 aliphatic carbocycles. The second kappa shape index (κ2) is 3.96. The summed E-state index contributed by atoms with van der Waals surface area (Å²) in [6.07, 6.45) is 1.59. The first-order valence-electron chi connectivity index (χ1n) is 3.57. The Bertz CT molecular complexity index is 95.7. The summed E-state index contributed by atoms with van der Waals surface area (Å²) in [6, 6.07) is 0. The van der Waals surface area contributed by atoms with Gasteiger partial charge < -0.3 is 15.8 Å². The van der Waals surface area contributed by atoms with Gasteiger partial charge in [-0.1, -0.05) is 13.8 Å². The van der Waals surface area contributed by atoms with E-state index in [1.807, 2.05) is 13.8 Å². The zero-order valence-electron chi connectivity index (χ0n) is 6.67. The first-order chi connectivity index (χ1) is 4.50. The summed E-state index contributed by atoms with van der Waals surface area (Å²) in [5.74, 6) is 0. The van der Waals surface area contributed by atoms with Crippen molar-refractivity contribution in [1.82, 2.24) is 0 Å². The van der Waals surface area contributed by atoms with Gasteiger partial charge in [0.2, 0.25) is 0 Å². The average molecular weight is 145 g/mol. The van der Waals surface area contributed by atoms with Crippen molar-refractivity contribution in [3.63, 3.8) is 0 Å². The normalized spacial score (nSPS) is 11.7. The maximum absolute atomic E-state index is 8.82. The van der Waals surface area contributed by atoms with Gasteiger partial charge in [-0.05, 0) is 24.7 Å². The van der Waals surface area contributed by atoms with Crippen LogP contribution in [0.3, 0.4) is 0 Å². The lowest BCUT2D eigenvalue weighted by molar-refractivity contribution is 0.341. The van der Waals surface area contributed by atoms with E-state index in [-0.39, 0.29) is 0 Å². The number of hydrogen-bond acceptors (Lipinski definition) is 3. The van der Waals surface area contributed by atoms with E-state index >= 15 is 0 Å². The second-order valence-corrected chi connectivity index (χ2v) is 3.25. The fourth-order valence-electron chi connectivity index (χ4n) is 0.687. The predicted molar refractivity (Wildman–Crippen MR) is 42.5 cm³/mol. The van der Waals surface area contributed by atoms with Crippen LogP contribution in [-0.4, -0.2) is 23.7 Å². The molecule has 0 radical (unpaired) electrons. The van der Waals surface area contributed by atoms with Gasteiger partial charge >= 0.3 is 7.12 Å². The lowest BCUT2D eigenvalue weighted by Gasteiger charge is -2.22. The SMILES string of the molecule is CC(C)(CCCN)B(O)O. The fourth-order valence-corrected chi connectivity index (χ4v) is 0.687. The molecule has 0 heterocycles. The van der Waals surface area contributed by atoms with Crippen LogP contribution in [-0.2, 0) is 0 Å². The molecule has 0 atom stereocenters. The minimum atomic E-state index is -1.24. The lowest BCUT2D eigenvalue weighted by atomic mass is 9.58. The highest BCUT2D eigenvalue weighted by Gasteiger charge is 2.31. The van der Waals surface area contributed by atoms with Crippen LogP contribution in [0, 0.1) is 0 Å². The molecule has 10 heavy (non-hydrogen) atoms. The summed E-state index contributed by atoms with van der Waals surface area (Å²) in [4.78, 5) is 0. The molecule has 3 nitrogen and oxygen atoms in total. The van der Waals surface area contributed by atoms with Crippen molar-refractivity contribution in [3.05, 3.63) is 0 Å². The van der Waals surface area contributed by atoms with Gasteiger partial charge in [-0.3, -0.25) is 0 Å². The molecule has 4 heteroatoms. The van der Waals surface area contributed by atoms with Crippen LogP contribution in [0.4, 0.5) is 0 Å². The molecular weight excluding hydrogens is 129 g/mol. The minimum absolute atomic E-state index is 0.417. The molecule has 0 aromatic carbocycles. The molecule has 0 saturated heterocycles. The fraction of sp³-hybridized carbons (Fsp3) is 1.00. The van der Waals surface area contributed by atoms with Crippen molar-refractivity contribution >= 4 is 7.12 Å². The van der Waals surface area contributed by atoms with Crippen LogP contribution in [0.25, 0.3) is 0 Å². The van der Waals surface area contributed by atoms with Crippen molar-refractivity contribution in [3.8, 4) is 0 Å². The molecule has 0 fully saturated rings. The Hall–Kier alpha value is -0.0551. The molecule has 0 unspecified atom stereocenters. The first kappa shape index (κ1) is 9.94. The van der Waals surface area contributed by atoms with Crippen LogP contribution < -0.4 is 5.73 Å². The zero-order chi connectivity index (χ0) is 8.20. The molecule has 4 N–H and O–H groups in total. The van der Waals surface area contributed by atoms with E-state index in [9.17, 15) is 0 Å². The maximum atomic E-state index is 8.82. The third-order valence-corrected chi connectivity index (χ3v) is 1.72. The quantitative estimate of drug-likeness (QED) is 0.487. The molecule has 0 aromatic heterocycles. The van der Waals surface area contributed by atoms with Crippen molar-refractivity contribution < 1.29 is 10.0 Å². The van der Waals surface area contributed by atoms with E-state index < -0.39 is 12.4 Å². The largest absolute Gasteiger partial charge is 0.457 e. The standard InChI is InChI=1S/C6H16BNO2/c1-6(2,7(9)10)4-3-5-8/h9-10H,3-5,8H2,1-2H3. The van der Waals surface area contributed by atoms with Gasteiger partial charge in [-0.15, -0.1) is 0 Å². The van der Waals surface area contributed by atoms with Crippen molar-refractivity contribution in [2.24, 2.45) is 5.73 Å². The molecule has 0 amide bonds. The molecule has 0 aromatic rings. The lowest BCUT2D eigenvalue weighted by Crippen LogP contribution is -2.28. The molecule has 0 spiro atoms. The van der Waals surface area contributed by atoms with Crippen molar-refractivity contribution in [1.29, 1.82) is 0 Å². The molecule has 0 aliphatic heterocycles. The van der Waals surface area contributed by atoms with Gasteiger partial charge in [0.1, 0.15) is 0 Å². The highest BCUT2D eigenvalue weighted by Crippen LogP contribution is 2.31. The third-order valence-electron chi connectivity index (χ3n) is 1.72. The van der Waals surface area contributed by atoms with Crippen LogP contribution in [0.2, 0.25) is 5.31 Å². The minimum Gasteiger partial charge on any atom is -0.427 e. The summed E-state index contributed by atoms with van der Waals surface area (Å²) < 4.78 is 0. The van der Waals surface area contributed by atoms with Gasteiger partial charge in [0, 0.05) is 0 Å². The first-order valence-corrected chi connectivity index (χ1v) is 3.57. The smallest absolute Gasteiger partial charge is 0.427 e. The average Bonchev–Trinajstić information content (AvgIpc) is 1.84. The van der Waals surface area contributed by atoms with Gasteiger partial charge in [0.15, 0.2) is 0 Å². The number of nitrogens with two attached hydrogens (primary N) is 1. The van der Waals surface area contributed by atoms with Gasteiger partial charge in [-0.2, -0.15) is 0 Å². The summed E-state index contributed by atoms with van der Waals surface area (Å²) in [5.41, 5.74) is 5.27. The Kier molecular flexibility index (Phi) is 3.94. The summed E-state index contributed by atoms with van der Waals surface area (Å²) in [6.45, 7) is 4.23. The Labute approximate surface area is 62.4 Å². The van der Waals surface area contributed by atoms with Gasteiger partial charge in [-0.25, -0.2) is 0 Å². The van der Waals surface area contributed by atoms with E-state index in [4.69, 9.17) is 15.8 Å². The summed E-state index contributed by atoms with van der Waals surface area (Å²) in [5, 5.41) is 17.2. The van der Waals surface area contributed by atoms with E-state index in [0.29, 0.717) is 6.54 Å².